The van der Waals surface area contributed by atoms with Gasteiger partial charge in [0.15, 0.2) is 11.0 Å². The van der Waals surface area contributed by atoms with Crippen LogP contribution in [0.2, 0.25) is 10.0 Å². The lowest BCUT2D eigenvalue weighted by Gasteiger charge is -2.12. The van der Waals surface area contributed by atoms with Gasteiger partial charge >= 0.3 is 0 Å². The number of hydrogen-bond donors (Lipinski definition) is 2. The Labute approximate surface area is 242 Å². The highest BCUT2D eigenvalue weighted by Crippen LogP contribution is 2.25. The highest BCUT2D eigenvalue weighted by molar-refractivity contribution is 9.10. The van der Waals surface area contributed by atoms with E-state index in [1.807, 2.05) is 31.2 Å². The van der Waals surface area contributed by atoms with Crippen LogP contribution in [-0.2, 0) is 11.3 Å². The Kier molecular flexibility index (Phi) is 9.68. The van der Waals surface area contributed by atoms with Gasteiger partial charge < -0.3 is 15.4 Å². The number of amides is 2. The van der Waals surface area contributed by atoms with Crippen molar-refractivity contribution in [3.05, 3.63) is 92.6 Å². The molecule has 3 aromatic carbocycles. The molecule has 0 spiro atoms. The summed E-state index contributed by atoms with van der Waals surface area (Å²) in [7, 11) is 0. The van der Waals surface area contributed by atoms with Crippen molar-refractivity contribution in [3.8, 4) is 11.4 Å². The third kappa shape index (κ3) is 7.28. The first-order valence-corrected chi connectivity index (χ1v) is 14.0. The molecule has 38 heavy (non-hydrogen) atoms. The van der Waals surface area contributed by atoms with E-state index in [1.165, 1.54) is 17.8 Å². The summed E-state index contributed by atoms with van der Waals surface area (Å²) in [5.41, 5.74) is 1.70. The Morgan fingerprint density at radius 1 is 1.03 bits per heavy atom. The fraction of sp³-hybridized carbons (Fsp3) is 0.154. The quantitative estimate of drug-likeness (QED) is 0.196. The first-order chi connectivity index (χ1) is 18.3. The summed E-state index contributed by atoms with van der Waals surface area (Å²) in [4.78, 5) is 25.4. The second-order valence-electron chi connectivity index (χ2n) is 7.81. The fourth-order valence-electron chi connectivity index (χ4n) is 3.41. The largest absolute Gasteiger partial charge is 0.494 e. The molecule has 0 saturated carbocycles. The molecule has 0 atom stereocenters. The molecule has 8 nitrogen and oxygen atoms in total. The van der Waals surface area contributed by atoms with E-state index in [2.05, 4.69) is 36.8 Å². The van der Waals surface area contributed by atoms with Gasteiger partial charge in [0.2, 0.25) is 5.91 Å². The molecule has 4 rings (SSSR count). The van der Waals surface area contributed by atoms with E-state index in [0.29, 0.717) is 28.3 Å². The van der Waals surface area contributed by atoms with E-state index in [1.54, 1.807) is 41.0 Å². The molecule has 2 amide bonds. The highest BCUT2D eigenvalue weighted by atomic mass is 79.9. The molecule has 0 bridgehead atoms. The summed E-state index contributed by atoms with van der Waals surface area (Å²) in [6, 6.07) is 19.4. The lowest BCUT2D eigenvalue weighted by atomic mass is 10.2. The minimum absolute atomic E-state index is 0.0731. The van der Waals surface area contributed by atoms with Crippen LogP contribution < -0.4 is 15.4 Å². The van der Waals surface area contributed by atoms with Gasteiger partial charge in [-0.05, 0) is 73.7 Å². The SMILES string of the molecule is CCOc1ccc(NC(=O)CSc2nnc(CNC(=O)c3cc(Cl)ccc3Cl)n2-c2ccc(Br)cc2)cc1. The molecule has 0 radical (unpaired) electrons. The van der Waals surface area contributed by atoms with Crippen molar-refractivity contribution in [3.63, 3.8) is 0 Å². The van der Waals surface area contributed by atoms with Gasteiger partial charge in [0, 0.05) is 20.9 Å². The van der Waals surface area contributed by atoms with Gasteiger partial charge in [0.25, 0.3) is 5.91 Å². The zero-order valence-corrected chi connectivity index (χ0v) is 24.0. The summed E-state index contributed by atoms with van der Waals surface area (Å²) in [6.45, 7) is 2.55. The Morgan fingerprint density at radius 2 is 1.76 bits per heavy atom. The molecule has 196 valence electrons. The molecule has 4 aromatic rings. The number of ether oxygens (including phenoxy) is 1. The second-order valence-corrected chi connectivity index (χ2v) is 10.5. The van der Waals surface area contributed by atoms with Gasteiger partial charge in [-0.1, -0.05) is 50.9 Å². The van der Waals surface area contributed by atoms with Gasteiger partial charge in [-0.15, -0.1) is 10.2 Å². The standard InChI is InChI=1S/C26H22BrCl2N5O3S/c1-2-37-20-10-6-18(7-11-20)31-24(35)15-38-26-33-32-23(34(26)19-8-3-16(27)4-9-19)14-30-25(36)21-13-17(28)5-12-22(21)29/h3-13H,2,14-15H2,1H3,(H,30,36)(H,31,35). The number of rotatable bonds is 10. The number of nitrogens with one attached hydrogen (secondary N) is 2. The zero-order valence-electron chi connectivity index (χ0n) is 20.1. The minimum atomic E-state index is -0.396. The maximum atomic E-state index is 12.8. The van der Waals surface area contributed by atoms with Crippen LogP contribution in [0.5, 0.6) is 5.75 Å². The Morgan fingerprint density at radius 3 is 2.47 bits per heavy atom. The molecule has 2 N–H and O–H groups in total. The number of carbonyl (C=O) groups is 2. The van der Waals surface area contributed by atoms with Crippen LogP contribution in [-0.4, -0.2) is 38.9 Å². The van der Waals surface area contributed by atoms with Gasteiger partial charge in [-0.25, -0.2) is 0 Å². The average molecular weight is 635 g/mol. The first kappa shape index (κ1) is 28.0. The second kappa shape index (κ2) is 13.1. The topological polar surface area (TPSA) is 98.1 Å². The number of anilines is 1. The Balaban J connectivity index is 1.48. The highest BCUT2D eigenvalue weighted by Gasteiger charge is 2.18. The van der Waals surface area contributed by atoms with E-state index in [0.717, 1.165) is 15.9 Å². The molecule has 0 saturated heterocycles. The van der Waals surface area contributed by atoms with Crippen molar-refractivity contribution in [2.24, 2.45) is 0 Å². The predicted octanol–water partition coefficient (Wildman–Crippen LogP) is 6.40. The van der Waals surface area contributed by atoms with Crippen molar-refractivity contribution in [1.29, 1.82) is 0 Å². The van der Waals surface area contributed by atoms with Crippen molar-refractivity contribution in [2.75, 3.05) is 17.7 Å². The normalized spacial score (nSPS) is 10.7. The van der Waals surface area contributed by atoms with Crippen LogP contribution in [0.1, 0.15) is 23.1 Å². The molecule has 1 heterocycles. The molecule has 0 aliphatic heterocycles. The lowest BCUT2D eigenvalue weighted by molar-refractivity contribution is -0.113. The van der Waals surface area contributed by atoms with E-state index < -0.39 is 5.91 Å². The van der Waals surface area contributed by atoms with Crippen molar-refractivity contribution < 1.29 is 14.3 Å². The minimum Gasteiger partial charge on any atom is -0.494 e. The van der Waals surface area contributed by atoms with Crippen LogP contribution >= 0.6 is 50.9 Å². The molecule has 0 fully saturated rings. The van der Waals surface area contributed by atoms with E-state index in [9.17, 15) is 9.59 Å². The number of aromatic nitrogens is 3. The van der Waals surface area contributed by atoms with Gasteiger partial charge in [0.05, 0.1) is 29.5 Å². The molecule has 1 aromatic heterocycles. The molecule has 0 aliphatic carbocycles. The van der Waals surface area contributed by atoms with Crippen LogP contribution in [0.4, 0.5) is 5.69 Å². The molecular weight excluding hydrogens is 613 g/mol. The smallest absolute Gasteiger partial charge is 0.253 e. The van der Waals surface area contributed by atoms with E-state index in [4.69, 9.17) is 27.9 Å². The molecule has 12 heteroatoms. The molecule has 0 unspecified atom stereocenters. The van der Waals surface area contributed by atoms with Crippen LogP contribution in [0.25, 0.3) is 5.69 Å². The average Bonchev–Trinajstić information content (AvgIpc) is 3.32. The van der Waals surface area contributed by atoms with E-state index >= 15 is 0 Å². The van der Waals surface area contributed by atoms with Crippen LogP contribution in [0.3, 0.4) is 0 Å². The fourth-order valence-corrected chi connectivity index (χ4v) is 4.82. The maximum Gasteiger partial charge on any atom is 0.253 e. The van der Waals surface area contributed by atoms with E-state index in [-0.39, 0.29) is 28.8 Å². The summed E-state index contributed by atoms with van der Waals surface area (Å²) >= 11 is 16.9. The number of benzene rings is 3. The maximum absolute atomic E-state index is 12.8. The summed E-state index contributed by atoms with van der Waals surface area (Å²) < 4.78 is 8.13. The third-order valence-corrected chi connectivity index (χ3v) is 7.17. The summed E-state index contributed by atoms with van der Waals surface area (Å²) in [6.07, 6.45) is 0. The lowest BCUT2D eigenvalue weighted by Crippen LogP contribution is -2.25. The van der Waals surface area contributed by atoms with Crippen LogP contribution in [0.15, 0.2) is 76.4 Å². The third-order valence-electron chi connectivity index (χ3n) is 5.15. The monoisotopic (exact) mass is 633 g/mol. The molecule has 0 aliphatic rings. The van der Waals surface area contributed by atoms with Crippen molar-refractivity contribution in [2.45, 2.75) is 18.6 Å². The zero-order chi connectivity index (χ0) is 27.1. The van der Waals surface area contributed by atoms with Crippen molar-refractivity contribution >= 4 is 68.4 Å². The number of halogens is 3. The summed E-state index contributed by atoms with van der Waals surface area (Å²) in [5.74, 6) is 0.724. The number of carbonyl (C=O) groups excluding carboxylic acids is 2. The molecular formula is C26H22BrCl2N5O3S. The number of nitrogens with zero attached hydrogens (tertiary/aromatic N) is 3. The predicted molar refractivity (Wildman–Crippen MR) is 154 cm³/mol. The Bertz CT molecular complexity index is 1430. The van der Waals surface area contributed by atoms with Crippen LogP contribution in [0, 0.1) is 0 Å². The van der Waals surface area contributed by atoms with Gasteiger partial charge in [-0.2, -0.15) is 0 Å². The van der Waals surface area contributed by atoms with Gasteiger partial charge in [-0.3, -0.25) is 14.2 Å². The number of hydrogen-bond acceptors (Lipinski definition) is 6. The summed E-state index contributed by atoms with van der Waals surface area (Å²) in [5, 5.41) is 15.4. The first-order valence-electron chi connectivity index (χ1n) is 11.4. The Hall–Kier alpha value is -3.05. The van der Waals surface area contributed by atoms with Crippen molar-refractivity contribution in [1.82, 2.24) is 20.1 Å². The number of thioether (sulfide) groups is 1. The van der Waals surface area contributed by atoms with Gasteiger partial charge in [0.1, 0.15) is 5.75 Å².